The maximum Gasteiger partial charge on any atom is 0.437 e. The molecular weight excluding hydrogens is 637 g/mol. The number of allylic oxidation sites excluding steroid dienone is 1. The molecule has 9 nitrogen and oxygen atoms in total. The zero-order valence-electron chi connectivity index (χ0n) is 31.2. The van der Waals surface area contributed by atoms with Crippen molar-refractivity contribution in [3.63, 3.8) is 0 Å². The molecule has 1 fully saturated rings. The number of ether oxygens (including phenoxy) is 3. The molecule has 1 N–H and O–H groups in total. The van der Waals surface area contributed by atoms with E-state index in [4.69, 9.17) is 19.2 Å². The maximum atomic E-state index is 14.2. The Hall–Kier alpha value is -3.83. The lowest BCUT2D eigenvalue weighted by Crippen LogP contribution is -2.51. The Labute approximate surface area is 291 Å². The molecule has 0 saturated carbocycles. The van der Waals surface area contributed by atoms with Crippen LogP contribution in [0.25, 0.3) is 5.70 Å². The normalized spacial score (nSPS) is 16.7. The highest BCUT2D eigenvalue weighted by Gasteiger charge is 2.37. The maximum absolute atomic E-state index is 14.2. The summed E-state index contributed by atoms with van der Waals surface area (Å²) >= 11 is 0. The van der Waals surface area contributed by atoms with E-state index in [1.165, 1.54) is 6.07 Å². The standard InChI is InChI=1S/C35H51F3N4O5.C2H6/c1-11-14-21-45-28-19-18-24(22-25(28)35(36,37)38)26(16-12-2)39-29(23(4)13-3)27-17-15-20-42(27)30(40-31(43)46-33(5,6)7)41-32(44)47-34(8,9)10;1-2/h11,16,18-19,22-23,27H,1,12-15,17,20-21H2,2-10H3,(H,40,41,43,44);1-2H3/b26-16-,39-29?;. The molecule has 2 unspecified atom stereocenters. The van der Waals surface area contributed by atoms with Crippen LogP contribution in [-0.2, 0) is 15.7 Å². The van der Waals surface area contributed by atoms with Crippen LogP contribution in [0.2, 0.25) is 0 Å². The van der Waals surface area contributed by atoms with Gasteiger partial charge in [0.25, 0.3) is 0 Å². The predicted molar refractivity (Wildman–Crippen MR) is 191 cm³/mol. The summed E-state index contributed by atoms with van der Waals surface area (Å²) in [7, 11) is 0. The molecule has 1 aliphatic rings. The molecule has 1 heterocycles. The zero-order valence-corrected chi connectivity index (χ0v) is 31.2. The highest BCUT2D eigenvalue weighted by molar-refractivity contribution is 6.03. The van der Waals surface area contributed by atoms with Crippen molar-refractivity contribution in [3.8, 4) is 5.75 Å². The molecule has 0 bridgehead atoms. The summed E-state index contributed by atoms with van der Waals surface area (Å²) in [5.74, 6) is -0.412. The van der Waals surface area contributed by atoms with E-state index >= 15 is 0 Å². The average Bonchev–Trinajstić information content (AvgIpc) is 3.47. The number of benzene rings is 1. The van der Waals surface area contributed by atoms with Crippen LogP contribution < -0.4 is 10.1 Å². The third kappa shape index (κ3) is 14.7. The Morgan fingerprint density at radius 1 is 1.06 bits per heavy atom. The zero-order chi connectivity index (χ0) is 37.6. The fourth-order valence-electron chi connectivity index (χ4n) is 4.83. The second kappa shape index (κ2) is 19.4. The molecule has 1 aliphatic heterocycles. The fraction of sp³-hybridized carbons (Fsp3) is 0.622. The first-order valence-electron chi connectivity index (χ1n) is 17.1. The molecule has 49 heavy (non-hydrogen) atoms. The Morgan fingerprint density at radius 3 is 2.22 bits per heavy atom. The Bertz CT molecular complexity index is 1340. The number of halogens is 3. The minimum atomic E-state index is -4.65. The molecule has 0 spiro atoms. The van der Waals surface area contributed by atoms with Gasteiger partial charge >= 0.3 is 18.4 Å². The van der Waals surface area contributed by atoms with Crippen LogP contribution in [0, 0.1) is 5.92 Å². The molecule has 0 radical (unpaired) electrons. The van der Waals surface area contributed by atoms with Crippen molar-refractivity contribution in [2.75, 3.05) is 13.2 Å². The lowest BCUT2D eigenvalue weighted by molar-refractivity contribution is -0.139. The summed E-state index contributed by atoms with van der Waals surface area (Å²) in [4.78, 5) is 36.7. The lowest BCUT2D eigenvalue weighted by atomic mass is 9.94. The number of hydrogen-bond acceptors (Lipinski definition) is 6. The van der Waals surface area contributed by atoms with Gasteiger partial charge in [0.05, 0.1) is 23.9 Å². The molecule has 1 aromatic carbocycles. The van der Waals surface area contributed by atoms with Crippen molar-refractivity contribution >= 4 is 29.6 Å². The molecule has 0 aromatic heterocycles. The average molecular weight is 695 g/mol. The van der Waals surface area contributed by atoms with Crippen molar-refractivity contribution in [1.29, 1.82) is 0 Å². The number of carbonyl (C=O) groups excluding carboxylic acids is 2. The van der Waals surface area contributed by atoms with Crippen LogP contribution in [0.5, 0.6) is 5.75 Å². The number of alkyl halides is 3. The lowest BCUT2D eigenvalue weighted by Gasteiger charge is -2.32. The third-order valence-electron chi connectivity index (χ3n) is 6.99. The summed E-state index contributed by atoms with van der Waals surface area (Å²) in [5.41, 5.74) is -1.17. The van der Waals surface area contributed by atoms with Gasteiger partial charge in [-0.15, -0.1) is 11.6 Å². The van der Waals surface area contributed by atoms with Gasteiger partial charge in [0.1, 0.15) is 17.0 Å². The number of alkyl carbamates (subject to hydrolysis) is 1. The number of aliphatic imine (C=N–C) groups is 2. The smallest absolute Gasteiger partial charge is 0.437 e. The Balaban J connectivity index is 0.00000589. The molecule has 2 atom stereocenters. The third-order valence-corrected chi connectivity index (χ3v) is 6.99. The number of nitrogens with one attached hydrogen (secondary N) is 1. The van der Waals surface area contributed by atoms with Crippen LogP contribution in [0.15, 0.2) is 46.9 Å². The number of hydrogen-bond donors (Lipinski definition) is 1. The molecule has 276 valence electrons. The largest absolute Gasteiger partial charge is 0.493 e. The van der Waals surface area contributed by atoms with Crippen LogP contribution in [-0.4, -0.2) is 59.2 Å². The minimum Gasteiger partial charge on any atom is -0.493 e. The van der Waals surface area contributed by atoms with E-state index in [0.717, 1.165) is 6.07 Å². The van der Waals surface area contributed by atoms with Crippen molar-refractivity contribution in [2.24, 2.45) is 15.9 Å². The van der Waals surface area contributed by atoms with E-state index in [1.807, 2.05) is 34.6 Å². The molecule has 2 amide bonds. The van der Waals surface area contributed by atoms with E-state index in [0.29, 0.717) is 50.1 Å². The minimum absolute atomic E-state index is 0.0478. The quantitative estimate of drug-likeness (QED) is 0.113. The highest BCUT2D eigenvalue weighted by atomic mass is 19.4. The number of rotatable bonds is 10. The topological polar surface area (TPSA) is 102 Å². The van der Waals surface area contributed by atoms with Gasteiger partial charge in [-0.3, -0.25) is 10.3 Å². The van der Waals surface area contributed by atoms with Crippen LogP contribution in [0.3, 0.4) is 0 Å². The van der Waals surface area contributed by atoms with Gasteiger partial charge in [-0.25, -0.2) is 9.59 Å². The first kappa shape index (κ1) is 43.2. The number of guanidine groups is 1. The van der Waals surface area contributed by atoms with E-state index in [2.05, 4.69) is 16.9 Å². The molecule has 1 aromatic rings. The first-order chi connectivity index (χ1) is 22.8. The van der Waals surface area contributed by atoms with E-state index in [9.17, 15) is 22.8 Å². The summed E-state index contributed by atoms with van der Waals surface area (Å²) in [6, 6.07) is 3.53. The van der Waals surface area contributed by atoms with Gasteiger partial charge < -0.3 is 19.1 Å². The predicted octanol–water partition coefficient (Wildman–Crippen LogP) is 10.2. The first-order valence-corrected chi connectivity index (χ1v) is 17.1. The van der Waals surface area contributed by atoms with Gasteiger partial charge in [-0.2, -0.15) is 13.2 Å². The Morgan fingerprint density at radius 2 is 1.69 bits per heavy atom. The van der Waals surface area contributed by atoms with Crippen LogP contribution in [0.1, 0.15) is 119 Å². The fourth-order valence-corrected chi connectivity index (χ4v) is 4.83. The molecular formula is C37H57F3N4O5. The van der Waals surface area contributed by atoms with E-state index in [1.54, 1.807) is 64.7 Å². The molecule has 0 aliphatic carbocycles. The molecule has 2 rings (SSSR count). The SMILES string of the molecule is C=CCCOc1ccc(/C(=C/CC)N=C(C(C)CC)C2CCCN2/C(=N\C(=O)OC(C)(C)C)NC(=O)OC(C)(C)C)cc1C(F)(F)F.CC. The van der Waals surface area contributed by atoms with Crippen LogP contribution in [0.4, 0.5) is 22.8 Å². The van der Waals surface area contributed by atoms with E-state index in [-0.39, 0.29) is 29.8 Å². The molecule has 12 heteroatoms. The van der Waals surface area contributed by atoms with Crippen molar-refractivity contribution < 1.29 is 37.0 Å². The second-order valence-corrected chi connectivity index (χ2v) is 13.4. The highest BCUT2D eigenvalue weighted by Crippen LogP contribution is 2.39. The number of likely N-dealkylation sites (tertiary alicyclic amines) is 1. The molecule has 1 saturated heterocycles. The van der Waals surface area contributed by atoms with Gasteiger partial charge in [0, 0.05) is 17.8 Å². The monoisotopic (exact) mass is 694 g/mol. The summed E-state index contributed by atoms with van der Waals surface area (Å²) in [6.45, 7) is 24.2. The van der Waals surface area contributed by atoms with Crippen molar-refractivity contribution in [1.82, 2.24) is 10.2 Å². The number of carbonyl (C=O) groups is 2. The van der Waals surface area contributed by atoms with E-state index < -0.39 is 41.2 Å². The van der Waals surface area contributed by atoms with Crippen molar-refractivity contribution in [2.45, 2.75) is 132 Å². The van der Waals surface area contributed by atoms with Gasteiger partial charge in [0.2, 0.25) is 5.96 Å². The second-order valence-electron chi connectivity index (χ2n) is 13.4. The number of nitrogens with zero attached hydrogens (tertiary/aromatic N) is 3. The van der Waals surface area contributed by atoms with Crippen LogP contribution >= 0.6 is 0 Å². The van der Waals surface area contributed by atoms with Gasteiger partial charge in [0.15, 0.2) is 0 Å². The van der Waals surface area contributed by atoms with Gasteiger partial charge in [-0.1, -0.05) is 46.8 Å². The summed E-state index contributed by atoms with van der Waals surface area (Å²) < 4.78 is 58.8. The van der Waals surface area contributed by atoms with Gasteiger partial charge in [-0.05, 0) is 97.8 Å². The number of amides is 2. The van der Waals surface area contributed by atoms with Crippen molar-refractivity contribution in [3.05, 3.63) is 48.1 Å². The summed E-state index contributed by atoms with van der Waals surface area (Å²) in [5, 5.41) is 2.63. The Kier molecular flexibility index (Phi) is 17.1. The summed E-state index contributed by atoms with van der Waals surface area (Å²) in [6.07, 6.45) is -0.0767.